The number of anilines is 1. The first kappa shape index (κ1) is 20.8. The van der Waals surface area contributed by atoms with Crippen molar-refractivity contribution in [2.45, 2.75) is 6.54 Å². The fraction of sp³-hybridized carbons (Fsp3) is 0.722. The van der Waals surface area contributed by atoms with E-state index in [1.807, 2.05) is 30.9 Å². The van der Waals surface area contributed by atoms with Crippen LogP contribution in [0.4, 0.5) is 5.13 Å². The van der Waals surface area contributed by atoms with Gasteiger partial charge in [0.05, 0.1) is 32.0 Å². The summed E-state index contributed by atoms with van der Waals surface area (Å²) in [5.74, 6) is 1.10. The van der Waals surface area contributed by atoms with E-state index >= 15 is 0 Å². The highest BCUT2D eigenvalue weighted by atomic mass is 32.1. The number of hydrogen-bond acceptors (Lipinski definition) is 7. The van der Waals surface area contributed by atoms with Gasteiger partial charge in [-0.2, -0.15) is 0 Å². The minimum atomic E-state index is 0.208. The lowest BCUT2D eigenvalue weighted by atomic mass is 10.3. The second kappa shape index (κ2) is 10.0. The minimum Gasteiger partial charge on any atom is -0.378 e. The highest BCUT2D eigenvalue weighted by Crippen LogP contribution is 2.17. The Labute approximate surface area is 171 Å². The van der Waals surface area contributed by atoms with E-state index in [1.165, 1.54) is 0 Å². The smallest absolute Gasteiger partial charge is 0.236 e. The largest absolute Gasteiger partial charge is 0.378 e. The molecule has 3 heterocycles. The molecule has 0 aliphatic carbocycles. The molecule has 9 nitrogen and oxygen atoms in total. The number of guanidine groups is 1. The van der Waals surface area contributed by atoms with E-state index in [2.05, 4.69) is 30.5 Å². The van der Waals surface area contributed by atoms with Gasteiger partial charge in [0.15, 0.2) is 11.1 Å². The Morgan fingerprint density at radius 2 is 1.93 bits per heavy atom. The number of rotatable bonds is 5. The van der Waals surface area contributed by atoms with Crippen LogP contribution in [-0.2, 0) is 16.1 Å². The molecular formula is C18H31N7O2S. The predicted octanol–water partition coefficient (Wildman–Crippen LogP) is -0.239. The van der Waals surface area contributed by atoms with Crippen LogP contribution in [-0.4, -0.2) is 112 Å². The van der Waals surface area contributed by atoms with Crippen LogP contribution >= 0.6 is 11.3 Å². The van der Waals surface area contributed by atoms with E-state index in [9.17, 15) is 4.79 Å². The zero-order valence-electron chi connectivity index (χ0n) is 17.1. The van der Waals surface area contributed by atoms with Gasteiger partial charge in [0.2, 0.25) is 5.91 Å². The Morgan fingerprint density at radius 3 is 2.54 bits per heavy atom. The van der Waals surface area contributed by atoms with Gasteiger partial charge in [-0.3, -0.25) is 14.7 Å². The minimum absolute atomic E-state index is 0.208. The molecule has 2 fully saturated rings. The van der Waals surface area contributed by atoms with Crippen molar-refractivity contribution in [3.05, 3.63) is 11.1 Å². The predicted molar refractivity (Wildman–Crippen MR) is 112 cm³/mol. The normalized spacial score (nSPS) is 19.0. The van der Waals surface area contributed by atoms with Crippen molar-refractivity contribution in [3.8, 4) is 0 Å². The number of thiazole rings is 1. The van der Waals surface area contributed by atoms with E-state index in [-0.39, 0.29) is 5.91 Å². The molecule has 1 aromatic heterocycles. The molecule has 3 rings (SSSR count). The van der Waals surface area contributed by atoms with Crippen molar-refractivity contribution < 1.29 is 9.53 Å². The number of nitrogens with one attached hydrogen (secondary N) is 1. The molecule has 28 heavy (non-hydrogen) atoms. The van der Waals surface area contributed by atoms with Crippen LogP contribution in [0.15, 0.2) is 10.4 Å². The van der Waals surface area contributed by atoms with Gasteiger partial charge in [0.25, 0.3) is 0 Å². The maximum atomic E-state index is 12.4. The highest BCUT2D eigenvalue weighted by molar-refractivity contribution is 7.13. The molecule has 0 spiro atoms. The Hall–Kier alpha value is -1.91. The van der Waals surface area contributed by atoms with Gasteiger partial charge in [-0.25, -0.2) is 4.98 Å². The third kappa shape index (κ3) is 5.55. The summed E-state index contributed by atoms with van der Waals surface area (Å²) in [5, 5.41) is 6.49. The standard InChI is InChI=1S/C18H31N7O2S/c1-19-17(20-12-15-14-28-18(21-15)22(2)3)25-6-4-23(5-7-25)13-16(26)24-8-10-27-11-9-24/h14H,4-13H2,1-3H3,(H,19,20). The Kier molecular flexibility index (Phi) is 7.46. The third-order valence-electron chi connectivity index (χ3n) is 4.96. The molecule has 0 saturated carbocycles. The molecule has 2 saturated heterocycles. The summed E-state index contributed by atoms with van der Waals surface area (Å²) >= 11 is 1.64. The maximum Gasteiger partial charge on any atom is 0.236 e. The van der Waals surface area contributed by atoms with Gasteiger partial charge < -0.3 is 24.8 Å². The third-order valence-corrected chi connectivity index (χ3v) is 6.01. The monoisotopic (exact) mass is 409 g/mol. The number of carbonyl (C=O) groups is 1. The highest BCUT2D eigenvalue weighted by Gasteiger charge is 2.24. The van der Waals surface area contributed by atoms with Gasteiger partial charge in [0, 0.05) is 65.8 Å². The van der Waals surface area contributed by atoms with Gasteiger partial charge in [-0.1, -0.05) is 0 Å². The second-order valence-electron chi connectivity index (χ2n) is 7.17. The zero-order chi connectivity index (χ0) is 19.9. The SMILES string of the molecule is CN=C(NCc1csc(N(C)C)n1)N1CCN(CC(=O)N2CCOCC2)CC1. The molecule has 2 aliphatic rings. The van der Waals surface area contributed by atoms with Gasteiger partial charge in [0.1, 0.15) is 0 Å². The summed E-state index contributed by atoms with van der Waals surface area (Å²) in [4.78, 5) is 29.8. The van der Waals surface area contributed by atoms with Crippen molar-refractivity contribution in [1.29, 1.82) is 0 Å². The molecule has 10 heteroatoms. The molecule has 0 unspecified atom stereocenters. The topological polar surface area (TPSA) is 76.5 Å². The molecule has 1 N–H and O–H groups in total. The van der Waals surface area contributed by atoms with E-state index in [4.69, 9.17) is 4.74 Å². The van der Waals surface area contributed by atoms with E-state index in [0.29, 0.717) is 39.4 Å². The van der Waals surface area contributed by atoms with Crippen LogP contribution in [0.3, 0.4) is 0 Å². The van der Waals surface area contributed by atoms with E-state index in [1.54, 1.807) is 11.3 Å². The first-order valence-electron chi connectivity index (χ1n) is 9.72. The number of piperazine rings is 1. The number of amides is 1. The number of hydrogen-bond donors (Lipinski definition) is 1. The zero-order valence-corrected chi connectivity index (χ0v) is 17.9. The van der Waals surface area contributed by atoms with Crippen molar-refractivity contribution in [1.82, 2.24) is 25.0 Å². The lowest BCUT2D eigenvalue weighted by Gasteiger charge is -2.37. The summed E-state index contributed by atoms with van der Waals surface area (Å²) in [6, 6.07) is 0. The van der Waals surface area contributed by atoms with Crippen LogP contribution < -0.4 is 10.2 Å². The van der Waals surface area contributed by atoms with Crippen LogP contribution in [0.5, 0.6) is 0 Å². The molecule has 2 aliphatic heterocycles. The lowest BCUT2D eigenvalue weighted by Crippen LogP contribution is -2.54. The average Bonchev–Trinajstić information content (AvgIpc) is 3.20. The molecule has 1 amide bonds. The summed E-state index contributed by atoms with van der Waals surface area (Å²) in [7, 11) is 5.81. The number of morpholine rings is 1. The van der Waals surface area contributed by atoms with Gasteiger partial charge in [-0.15, -0.1) is 11.3 Å². The van der Waals surface area contributed by atoms with E-state index in [0.717, 1.165) is 43.0 Å². The molecule has 0 radical (unpaired) electrons. The molecule has 0 atom stereocenters. The Bertz CT molecular complexity index is 665. The van der Waals surface area contributed by atoms with Crippen molar-refractivity contribution >= 4 is 28.3 Å². The second-order valence-corrected chi connectivity index (χ2v) is 8.01. The van der Waals surface area contributed by atoms with Crippen LogP contribution in [0, 0.1) is 0 Å². The van der Waals surface area contributed by atoms with Crippen LogP contribution in [0.2, 0.25) is 0 Å². The molecule has 0 bridgehead atoms. The fourth-order valence-corrected chi connectivity index (χ4v) is 4.06. The van der Waals surface area contributed by atoms with Gasteiger partial charge in [-0.05, 0) is 0 Å². The summed E-state index contributed by atoms with van der Waals surface area (Å²) in [5.41, 5.74) is 1.02. The first-order chi connectivity index (χ1) is 13.6. The summed E-state index contributed by atoms with van der Waals surface area (Å²) < 4.78 is 5.32. The molecule has 156 valence electrons. The van der Waals surface area contributed by atoms with Crippen LogP contribution in [0.25, 0.3) is 0 Å². The number of carbonyl (C=O) groups excluding carboxylic acids is 1. The van der Waals surface area contributed by atoms with E-state index < -0.39 is 0 Å². The maximum absolute atomic E-state index is 12.4. The summed E-state index contributed by atoms with van der Waals surface area (Å²) in [6.07, 6.45) is 0. The molecule has 1 aromatic rings. The average molecular weight is 410 g/mol. The van der Waals surface area contributed by atoms with Crippen molar-refractivity contribution in [2.24, 2.45) is 4.99 Å². The molecule has 0 aromatic carbocycles. The van der Waals surface area contributed by atoms with Crippen molar-refractivity contribution in [3.63, 3.8) is 0 Å². The number of aliphatic imine (C=N–C) groups is 1. The first-order valence-corrected chi connectivity index (χ1v) is 10.6. The van der Waals surface area contributed by atoms with Gasteiger partial charge >= 0.3 is 0 Å². The van der Waals surface area contributed by atoms with Crippen molar-refractivity contribution in [2.75, 3.05) is 85.1 Å². The quantitative estimate of drug-likeness (QED) is 0.531. The fourth-order valence-electron chi connectivity index (χ4n) is 3.31. The Balaban J connectivity index is 1.42. The number of ether oxygens (including phenoxy) is 1. The van der Waals surface area contributed by atoms with Crippen LogP contribution in [0.1, 0.15) is 5.69 Å². The Morgan fingerprint density at radius 1 is 1.21 bits per heavy atom. The summed E-state index contributed by atoms with van der Waals surface area (Å²) in [6.45, 7) is 7.30. The number of aromatic nitrogens is 1. The lowest BCUT2D eigenvalue weighted by molar-refractivity contribution is -0.136. The number of nitrogens with zero attached hydrogens (tertiary/aromatic N) is 6. The molecular weight excluding hydrogens is 378 g/mol.